The van der Waals surface area contributed by atoms with Crippen LogP contribution in [0.3, 0.4) is 0 Å². The summed E-state index contributed by atoms with van der Waals surface area (Å²) in [5.41, 5.74) is -0.235. The monoisotopic (exact) mass is 520 g/mol. The number of rotatable bonds is 5. The number of ether oxygens (including phenoxy) is 2. The number of carbonyl (C=O) groups is 1. The molecule has 0 aliphatic heterocycles. The molecule has 0 unspecified atom stereocenters. The Morgan fingerprint density at radius 3 is 2.08 bits per heavy atom. The molecule has 9 heteroatoms. The van der Waals surface area contributed by atoms with Crippen molar-refractivity contribution in [3.8, 4) is 28.4 Å². The molecule has 0 N–H and O–H groups in total. The third-order valence-electron chi connectivity index (χ3n) is 5.57. The Kier molecular flexibility index (Phi) is 6.42. The number of halogens is 4. The SMILES string of the molecule is O=C(Oc1ccc2c(=O)c(Oc3ccc(-c4ccccc4)cc3)c(C(F)(F)F)oc2c1)c1ccccc1F. The maximum absolute atomic E-state index is 13.9. The van der Waals surface area contributed by atoms with Gasteiger partial charge in [-0.3, -0.25) is 4.79 Å². The van der Waals surface area contributed by atoms with Crippen LogP contribution in [0.5, 0.6) is 17.2 Å². The second-order valence-electron chi connectivity index (χ2n) is 8.11. The van der Waals surface area contributed by atoms with Gasteiger partial charge in [0.05, 0.1) is 10.9 Å². The van der Waals surface area contributed by atoms with Crippen molar-refractivity contribution in [3.63, 3.8) is 0 Å². The normalized spacial score (nSPS) is 11.4. The summed E-state index contributed by atoms with van der Waals surface area (Å²) in [5, 5.41) is -0.236. The van der Waals surface area contributed by atoms with Gasteiger partial charge in [-0.2, -0.15) is 13.2 Å². The van der Waals surface area contributed by atoms with E-state index in [2.05, 4.69) is 0 Å². The van der Waals surface area contributed by atoms with Crippen molar-refractivity contribution in [3.05, 3.63) is 124 Å². The third kappa shape index (κ3) is 4.99. The van der Waals surface area contributed by atoms with Crippen molar-refractivity contribution >= 4 is 16.9 Å². The first-order chi connectivity index (χ1) is 18.2. The lowest BCUT2D eigenvalue weighted by atomic mass is 10.1. The van der Waals surface area contributed by atoms with E-state index in [1.807, 2.05) is 30.3 Å². The number of fused-ring (bicyclic) bond motifs is 1. The van der Waals surface area contributed by atoms with Crippen LogP contribution in [0.25, 0.3) is 22.1 Å². The molecule has 0 saturated carbocycles. The van der Waals surface area contributed by atoms with Gasteiger partial charge < -0.3 is 13.9 Å². The Hall–Kier alpha value is -4.92. The summed E-state index contributed by atoms with van der Waals surface area (Å²) in [6.07, 6.45) is -5.08. The van der Waals surface area contributed by atoms with Crippen molar-refractivity contribution in [2.75, 3.05) is 0 Å². The number of benzene rings is 4. The molecular weight excluding hydrogens is 504 g/mol. The predicted molar refractivity (Wildman–Crippen MR) is 131 cm³/mol. The lowest BCUT2D eigenvalue weighted by Gasteiger charge is -2.14. The highest BCUT2D eigenvalue weighted by Crippen LogP contribution is 2.39. The second kappa shape index (κ2) is 9.85. The Balaban J connectivity index is 1.49. The number of hydrogen-bond donors (Lipinski definition) is 0. The van der Waals surface area contributed by atoms with Crippen molar-refractivity contribution in [1.82, 2.24) is 0 Å². The maximum Gasteiger partial charge on any atom is 0.453 e. The molecule has 1 aromatic heterocycles. The minimum absolute atomic E-state index is 0.00253. The molecule has 0 amide bonds. The van der Waals surface area contributed by atoms with E-state index < -0.39 is 40.5 Å². The fourth-order valence-corrected chi connectivity index (χ4v) is 3.75. The summed E-state index contributed by atoms with van der Waals surface area (Å²) in [6.45, 7) is 0. The highest BCUT2D eigenvalue weighted by atomic mass is 19.4. The molecule has 190 valence electrons. The van der Waals surface area contributed by atoms with Gasteiger partial charge in [-0.05, 0) is 47.5 Å². The van der Waals surface area contributed by atoms with Crippen LogP contribution in [-0.4, -0.2) is 5.97 Å². The van der Waals surface area contributed by atoms with E-state index in [1.165, 1.54) is 36.4 Å². The molecule has 5 nitrogen and oxygen atoms in total. The molecule has 0 aliphatic rings. The van der Waals surface area contributed by atoms with E-state index in [0.717, 1.165) is 29.3 Å². The average Bonchev–Trinajstić information content (AvgIpc) is 2.90. The summed E-state index contributed by atoms with van der Waals surface area (Å²) in [7, 11) is 0. The van der Waals surface area contributed by atoms with E-state index in [9.17, 15) is 27.2 Å². The lowest BCUT2D eigenvalue weighted by molar-refractivity contribution is -0.154. The summed E-state index contributed by atoms with van der Waals surface area (Å²) in [4.78, 5) is 25.3. The molecular formula is C29H16F4O5. The molecule has 0 aliphatic carbocycles. The summed E-state index contributed by atoms with van der Waals surface area (Å²) < 4.78 is 71.0. The highest BCUT2D eigenvalue weighted by Gasteiger charge is 2.40. The van der Waals surface area contributed by atoms with Crippen LogP contribution in [0.4, 0.5) is 17.6 Å². The first-order valence-corrected chi connectivity index (χ1v) is 11.2. The second-order valence-corrected chi connectivity index (χ2v) is 8.11. The number of hydrogen-bond acceptors (Lipinski definition) is 5. The smallest absolute Gasteiger partial charge is 0.449 e. The molecule has 0 fully saturated rings. The largest absolute Gasteiger partial charge is 0.453 e. The molecule has 5 aromatic rings. The predicted octanol–water partition coefficient (Wildman–Crippen LogP) is 7.63. The van der Waals surface area contributed by atoms with E-state index >= 15 is 0 Å². The molecule has 0 radical (unpaired) electrons. The average molecular weight is 520 g/mol. The van der Waals surface area contributed by atoms with Gasteiger partial charge in [0.1, 0.15) is 22.9 Å². The van der Waals surface area contributed by atoms with Gasteiger partial charge in [0.25, 0.3) is 5.76 Å². The third-order valence-corrected chi connectivity index (χ3v) is 5.57. The first-order valence-electron chi connectivity index (χ1n) is 11.2. The van der Waals surface area contributed by atoms with E-state index in [4.69, 9.17) is 13.9 Å². The van der Waals surface area contributed by atoms with Crippen molar-refractivity contribution in [2.24, 2.45) is 0 Å². The quantitative estimate of drug-likeness (QED) is 0.135. The zero-order valence-corrected chi connectivity index (χ0v) is 19.3. The molecule has 4 aromatic carbocycles. The van der Waals surface area contributed by atoms with Crippen LogP contribution < -0.4 is 14.9 Å². The fourth-order valence-electron chi connectivity index (χ4n) is 3.75. The highest BCUT2D eigenvalue weighted by molar-refractivity contribution is 5.92. The van der Waals surface area contributed by atoms with Gasteiger partial charge in [-0.1, -0.05) is 54.6 Å². The number of esters is 1. The Morgan fingerprint density at radius 1 is 0.763 bits per heavy atom. The molecule has 5 rings (SSSR count). The first kappa shape index (κ1) is 24.8. The van der Waals surface area contributed by atoms with Crippen LogP contribution in [0.15, 0.2) is 106 Å². The van der Waals surface area contributed by atoms with E-state index in [1.54, 1.807) is 12.1 Å². The van der Waals surface area contributed by atoms with Crippen molar-refractivity contribution in [2.45, 2.75) is 6.18 Å². The Bertz CT molecular complexity index is 1690. The van der Waals surface area contributed by atoms with E-state index in [0.29, 0.717) is 0 Å². The molecule has 0 atom stereocenters. The zero-order chi connectivity index (χ0) is 26.9. The van der Waals surface area contributed by atoms with Crippen LogP contribution in [0.2, 0.25) is 0 Å². The van der Waals surface area contributed by atoms with Crippen molar-refractivity contribution < 1.29 is 36.2 Å². The van der Waals surface area contributed by atoms with Gasteiger partial charge in [-0.25, -0.2) is 9.18 Å². The van der Waals surface area contributed by atoms with Crippen LogP contribution >= 0.6 is 0 Å². The number of carbonyl (C=O) groups excluding carboxylic acids is 1. The summed E-state index contributed by atoms with van der Waals surface area (Å²) in [6, 6.07) is 23.8. The Labute approximate surface area is 212 Å². The van der Waals surface area contributed by atoms with E-state index in [-0.39, 0.29) is 22.4 Å². The summed E-state index contributed by atoms with van der Waals surface area (Å²) in [5.74, 6) is -4.83. The minimum atomic E-state index is -5.08. The van der Waals surface area contributed by atoms with Crippen LogP contribution in [0, 0.1) is 5.82 Å². The summed E-state index contributed by atoms with van der Waals surface area (Å²) >= 11 is 0. The van der Waals surface area contributed by atoms with Crippen LogP contribution in [-0.2, 0) is 6.18 Å². The van der Waals surface area contributed by atoms with Crippen molar-refractivity contribution in [1.29, 1.82) is 0 Å². The van der Waals surface area contributed by atoms with Crippen LogP contribution in [0.1, 0.15) is 16.1 Å². The maximum atomic E-state index is 13.9. The zero-order valence-electron chi connectivity index (χ0n) is 19.3. The van der Waals surface area contributed by atoms with Gasteiger partial charge in [0, 0.05) is 6.07 Å². The standard InChI is InChI=1S/C29H16F4O5/c30-23-9-5-4-8-21(23)28(35)37-20-14-15-22-24(16-20)38-27(29(31,32)33)26(25(22)34)36-19-12-10-18(11-13-19)17-6-2-1-3-7-17/h1-16H. The van der Waals surface area contributed by atoms with Gasteiger partial charge >= 0.3 is 12.1 Å². The van der Waals surface area contributed by atoms with Gasteiger partial charge in [0.2, 0.25) is 11.2 Å². The molecule has 0 spiro atoms. The molecule has 0 bridgehead atoms. The molecule has 0 saturated heterocycles. The Morgan fingerprint density at radius 2 is 1.39 bits per heavy atom. The van der Waals surface area contributed by atoms with Gasteiger partial charge in [0.15, 0.2) is 0 Å². The molecule has 1 heterocycles. The topological polar surface area (TPSA) is 65.7 Å². The fraction of sp³-hybridized carbons (Fsp3) is 0.0345. The number of alkyl halides is 3. The minimum Gasteiger partial charge on any atom is -0.449 e. The lowest BCUT2D eigenvalue weighted by Crippen LogP contribution is -2.16. The van der Waals surface area contributed by atoms with Gasteiger partial charge in [-0.15, -0.1) is 0 Å². The molecule has 38 heavy (non-hydrogen) atoms.